The SMILES string of the molecule is CCCC(CS)(CCC)Cn1cnc(C)c1C. The summed E-state index contributed by atoms with van der Waals surface area (Å²) < 4.78 is 2.30. The third-order valence-corrected chi connectivity index (χ3v) is 4.42. The third-order valence-electron chi connectivity index (χ3n) is 3.75. The first-order chi connectivity index (χ1) is 8.08. The summed E-state index contributed by atoms with van der Waals surface area (Å²) in [5.41, 5.74) is 2.78. The van der Waals surface area contributed by atoms with Crippen LogP contribution in [-0.4, -0.2) is 15.3 Å². The Kier molecular flexibility index (Phi) is 5.57. The van der Waals surface area contributed by atoms with Gasteiger partial charge in [0, 0.05) is 12.2 Å². The molecule has 1 rings (SSSR count). The molecule has 0 aliphatic heterocycles. The lowest BCUT2D eigenvalue weighted by Crippen LogP contribution is -2.29. The van der Waals surface area contributed by atoms with E-state index in [1.54, 1.807) is 0 Å². The summed E-state index contributed by atoms with van der Waals surface area (Å²) in [5.74, 6) is 0.964. The van der Waals surface area contributed by atoms with Gasteiger partial charge in [0.1, 0.15) is 0 Å². The highest BCUT2D eigenvalue weighted by Gasteiger charge is 2.27. The molecule has 0 bridgehead atoms. The number of hydrogen-bond donors (Lipinski definition) is 1. The van der Waals surface area contributed by atoms with Crippen LogP contribution >= 0.6 is 12.6 Å². The van der Waals surface area contributed by atoms with Gasteiger partial charge in [0.2, 0.25) is 0 Å². The molecule has 0 unspecified atom stereocenters. The smallest absolute Gasteiger partial charge is 0.0951 e. The lowest BCUT2D eigenvalue weighted by Gasteiger charge is -2.33. The second-order valence-electron chi connectivity index (χ2n) is 5.20. The van der Waals surface area contributed by atoms with E-state index in [0.29, 0.717) is 5.41 Å². The first-order valence-corrected chi connectivity index (χ1v) is 7.31. The molecule has 98 valence electrons. The van der Waals surface area contributed by atoms with Crippen LogP contribution in [-0.2, 0) is 6.54 Å². The predicted molar refractivity (Wildman–Crippen MR) is 77.8 cm³/mol. The van der Waals surface area contributed by atoms with E-state index in [1.165, 1.54) is 31.4 Å². The summed E-state index contributed by atoms with van der Waals surface area (Å²) in [6, 6.07) is 0. The van der Waals surface area contributed by atoms with Crippen LogP contribution in [0.2, 0.25) is 0 Å². The largest absolute Gasteiger partial charge is 0.334 e. The van der Waals surface area contributed by atoms with E-state index in [-0.39, 0.29) is 0 Å². The summed E-state index contributed by atoms with van der Waals surface area (Å²) in [6.45, 7) is 9.82. The number of nitrogens with zero attached hydrogens (tertiary/aromatic N) is 2. The van der Waals surface area contributed by atoms with Gasteiger partial charge in [-0.2, -0.15) is 12.6 Å². The van der Waals surface area contributed by atoms with E-state index < -0.39 is 0 Å². The highest BCUT2D eigenvalue weighted by molar-refractivity contribution is 7.80. The zero-order chi connectivity index (χ0) is 12.9. The van der Waals surface area contributed by atoms with Crippen molar-refractivity contribution in [2.24, 2.45) is 5.41 Å². The number of rotatable bonds is 7. The van der Waals surface area contributed by atoms with Crippen LogP contribution in [0.25, 0.3) is 0 Å². The fourth-order valence-corrected chi connectivity index (χ4v) is 3.03. The molecular weight excluding hydrogens is 228 g/mol. The Morgan fingerprint density at radius 2 is 1.82 bits per heavy atom. The first-order valence-electron chi connectivity index (χ1n) is 6.67. The summed E-state index contributed by atoms with van der Waals surface area (Å²) in [7, 11) is 0. The average molecular weight is 254 g/mol. The van der Waals surface area contributed by atoms with Crippen LogP contribution in [0.3, 0.4) is 0 Å². The Morgan fingerprint density at radius 3 is 2.18 bits per heavy atom. The Hall–Kier alpha value is -0.440. The molecule has 0 aromatic carbocycles. The monoisotopic (exact) mass is 254 g/mol. The number of aryl methyl sites for hydroxylation is 1. The quantitative estimate of drug-likeness (QED) is 0.728. The van der Waals surface area contributed by atoms with Crippen molar-refractivity contribution in [3.8, 4) is 0 Å². The van der Waals surface area contributed by atoms with Crippen LogP contribution in [0, 0.1) is 19.3 Å². The number of imidazole rings is 1. The standard InChI is InChI=1S/C14H26N2S/c1-5-7-14(10-17,8-6-2)9-16-11-15-12(3)13(16)4/h11,17H,5-10H2,1-4H3. The van der Waals surface area contributed by atoms with E-state index in [0.717, 1.165) is 18.0 Å². The van der Waals surface area contributed by atoms with E-state index in [4.69, 9.17) is 0 Å². The molecule has 0 fully saturated rings. The number of hydrogen-bond acceptors (Lipinski definition) is 2. The summed E-state index contributed by atoms with van der Waals surface area (Å²) in [6.07, 6.45) is 6.94. The predicted octanol–water partition coefficient (Wildman–Crippen LogP) is 4.02. The molecule has 0 N–H and O–H groups in total. The minimum absolute atomic E-state index is 0.338. The lowest BCUT2D eigenvalue weighted by atomic mass is 9.81. The molecule has 1 aromatic heterocycles. The van der Waals surface area contributed by atoms with Crippen molar-refractivity contribution >= 4 is 12.6 Å². The Labute approximate surface area is 111 Å². The molecule has 0 radical (unpaired) electrons. The highest BCUT2D eigenvalue weighted by Crippen LogP contribution is 2.33. The van der Waals surface area contributed by atoms with Gasteiger partial charge in [-0.05, 0) is 37.9 Å². The molecule has 0 spiro atoms. The first kappa shape index (κ1) is 14.6. The highest BCUT2D eigenvalue weighted by atomic mass is 32.1. The molecular formula is C14H26N2S. The molecule has 0 atom stereocenters. The van der Waals surface area contributed by atoms with E-state index in [1.807, 2.05) is 6.33 Å². The van der Waals surface area contributed by atoms with E-state index >= 15 is 0 Å². The normalized spacial score (nSPS) is 12.1. The van der Waals surface area contributed by atoms with Gasteiger partial charge in [0.25, 0.3) is 0 Å². The van der Waals surface area contributed by atoms with E-state index in [2.05, 4.69) is 49.9 Å². The van der Waals surface area contributed by atoms with Crippen molar-refractivity contribution in [2.75, 3.05) is 5.75 Å². The Bertz CT molecular complexity index is 338. The van der Waals surface area contributed by atoms with Crippen molar-refractivity contribution in [3.05, 3.63) is 17.7 Å². The van der Waals surface area contributed by atoms with Crippen molar-refractivity contribution in [2.45, 2.75) is 59.9 Å². The number of aromatic nitrogens is 2. The molecule has 0 aliphatic carbocycles. The van der Waals surface area contributed by atoms with Gasteiger partial charge in [-0.15, -0.1) is 0 Å². The second-order valence-corrected chi connectivity index (χ2v) is 5.52. The van der Waals surface area contributed by atoms with Crippen LogP contribution in [0.15, 0.2) is 6.33 Å². The van der Waals surface area contributed by atoms with Crippen molar-refractivity contribution < 1.29 is 0 Å². The molecule has 2 nitrogen and oxygen atoms in total. The minimum atomic E-state index is 0.338. The Morgan fingerprint density at radius 1 is 1.24 bits per heavy atom. The van der Waals surface area contributed by atoms with Crippen molar-refractivity contribution in [3.63, 3.8) is 0 Å². The zero-order valence-electron chi connectivity index (χ0n) is 11.7. The van der Waals surface area contributed by atoms with Gasteiger partial charge >= 0.3 is 0 Å². The van der Waals surface area contributed by atoms with Crippen LogP contribution in [0.1, 0.15) is 50.9 Å². The zero-order valence-corrected chi connectivity index (χ0v) is 12.6. The number of thiol groups is 1. The molecule has 0 saturated carbocycles. The maximum absolute atomic E-state index is 4.61. The van der Waals surface area contributed by atoms with Gasteiger partial charge < -0.3 is 4.57 Å². The fourth-order valence-electron chi connectivity index (χ4n) is 2.62. The van der Waals surface area contributed by atoms with E-state index in [9.17, 15) is 0 Å². The lowest BCUT2D eigenvalue weighted by molar-refractivity contribution is 0.230. The van der Waals surface area contributed by atoms with Crippen LogP contribution in [0.5, 0.6) is 0 Å². The van der Waals surface area contributed by atoms with Gasteiger partial charge in [-0.1, -0.05) is 26.7 Å². The fraction of sp³-hybridized carbons (Fsp3) is 0.786. The second kappa shape index (κ2) is 6.48. The summed E-state index contributed by atoms with van der Waals surface area (Å²) in [4.78, 5) is 4.39. The molecule has 0 saturated heterocycles. The molecule has 0 aliphatic rings. The minimum Gasteiger partial charge on any atom is -0.334 e. The Balaban J connectivity index is 2.88. The topological polar surface area (TPSA) is 17.8 Å². The van der Waals surface area contributed by atoms with Crippen molar-refractivity contribution in [1.82, 2.24) is 9.55 Å². The van der Waals surface area contributed by atoms with Gasteiger partial charge in [0.15, 0.2) is 0 Å². The molecule has 0 amide bonds. The van der Waals surface area contributed by atoms with Crippen LogP contribution in [0.4, 0.5) is 0 Å². The molecule has 3 heteroatoms. The van der Waals surface area contributed by atoms with Crippen LogP contribution < -0.4 is 0 Å². The summed E-state index contributed by atoms with van der Waals surface area (Å²) >= 11 is 4.61. The van der Waals surface area contributed by atoms with Crippen molar-refractivity contribution in [1.29, 1.82) is 0 Å². The molecule has 1 aromatic rings. The summed E-state index contributed by atoms with van der Waals surface area (Å²) in [5, 5.41) is 0. The van der Waals surface area contributed by atoms with Gasteiger partial charge in [0.05, 0.1) is 12.0 Å². The van der Waals surface area contributed by atoms with Gasteiger partial charge in [-0.25, -0.2) is 4.98 Å². The maximum Gasteiger partial charge on any atom is 0.0951 e. The molecule has 17 heavy (non-hydrogen) atoms. The maximum atomic E-state index is 4.61. The molecule has 1 heterocycles. The third kappa shape index (κ3) is 3.51. The van der Waals surface area contributed by atoms with Gasteiger partial charge in [-0.3, -0.25) is 0 Å². The average Bonchev–Trinajstić information content (AvgIpc) is 2.61.